The first-order chi connectivity index (χ1) is 10.0. The number of carbonyl (C=O) groups excluding carboxylic acids is 1. The highest BCUT2D eigenvalue weighted by Crippen LogP contribution is 2.22. The largest absolute Gasteiger partial charge is 0.495 e. The Labute approximate surface area is 125 Å². The molecule has 0 fully saturated rings. The van der Waals surface area contributed by atoms with Gasteiger partial charge in [0, 0.05) is 13.0 Å². The number of sulfonamides is 1. The number of methoxy groups -OCH3 is 2. The molecule has 1 rings (SSSR count). The van der Waals surface area contributed by atoms with Gasteiger partial charge in [0.25, 0.3) is 0 Å². The second-order valence-corrected chi connectivity index (χ2v) is 6.17. The van der Waals surface area contributed by atoms with Crippen LogP contribution < -0.4 is 9.46 Å². The summed E-state index contributed by atoms with van der Waals surface area (Å²) in [5.41, 5.74) is 0. The molecular weight excluding hydrogens is 294 g/mol. The predicted molar refractivity (Wildman–Crippen MR) is 78.7 cm³/mol. The summed E-state index contributed by atoms with van der Waals surface area (Å²) in [7, 11) is -0.795. The molecule has 1 N–H and O–H groups in total. The molecule has 21 heavy (non-hydrogen) atoms. The number of carbonyl (C=O) groups is 1. The van der Waals surface area contributed by atoms with E-state index in [-0.39, 0.29) is 10.9 Å². The molecule has 0 aromatic heterocycles. The molecule has 0 heterocycles. The van der Waals surface area contributed by atoms with E-state index in [1.165, 1.54) is 20.3 Å². The van der Waals surface area contributed by atoms with Gasteiger partial charge in [-0.1, -0.05) is 18.6 Å². The third-order valence-corrected chi connectivity index (χ3v) is 4.44. The van der Waals surface area contributed by atoms with Crippen LogP contribution in [0.25, 0.3) is 0 Å². The predicted octanol–water partition coefficient (Wildman–Crippen LogP) is 1.71. The van der Waals surface area contributed by atoms with Gasteiger partial charge in [-0.2, -0.15) is 0 Å². The van der Waals surface area contributed by atoms with Crippen molar-refractivity contribution in [3.8, 4) is 5.75 Å². The summed E-state index contributed by atoms with van der Waals surface area (Å²) in [4.78, 5) is 11.0. The normalized spacial score (nSPS) is 11.1. The monoisotopic (exact) mass is 315 g/mol. The van der Waals surface area contributed by atoms with Gasteiger partial charge in [0.15, 0.2) is 0 Å². The van der Waals surface area contributed by atoms with Gasteiger partial charge < -0.3 is 9.47 Å². The number of unbranched alkanes of at least 4 members (excludes halogenated alkanes) is 2. The maximum absolute atomic E-state index is 12.1. The molecule has 7 heteroatoms. The Morgan fingerprint density at radius 2 is 1.86 bits per heavy atom. The second-order valence-electron chi connectivity index (χ2n) is 4.44. The van der Waals surface area contributed by atoms with Crippen molar-refractivity contribution >= 4 is 16.0 Å². The SMILES string of the molecule is COC(=O)CCCCCNS(=O)(=O)c1ccccc1OC. The first-order valence-electron chi connectivity index (χ1n) is 6.70. The quantitative estimate of drug-likeness (QED) is 0.554. The van der Waals surface area contributed by atoms with Gasteiger partial charge in [0.2, 0.25) is 10.0 Å². The van der Waals surface area contributed by atoms with E-state index in [0.29, 0.717) is 31.6 Å². The molecule has 118 valence electrons. The van der Waals surface area contributed by atoms with E-state index in [1.54, 1.807) is 18.2 Å². The van der Waals surface area contributed by atoms with Crippen molar-refractivity contribution in [2.24, 2.45) is 0 Å². The molecule has 0 aliphatic rings. The lowest BCUT2D eigenvalue weighted by atomic mass is 10.2. The molecule has 0 saturated carbocycles. The molecule has 0 atom stereocenters. The number of para-hydroxylation sites is 1. The van der Waals surface area contributed by atoms with Crippen LogP contribution in [0.2, 0.25) is 0 Å². The summed E-state index contributed by atoms with van der Waals surface area (Å²) < 4.78 is 36.4. The van der Waals surface area contributed by atoms with Crippen molar-refractivity contribution in [1.29, 1.82) is 0 Å². The number of rotatable bonds is 9. The molecule has 0 aliphatic carbocycles. The Morgan fingerprint density at radius 1 is 1.14 bits per heavy atom. The summed E-state index contributed by atoms with van der Waals surface area (Å²) in [6.45, 7) is 0.321. The molecule has 0 unspecified atom stereocenters. The van der Waals surface area contributed by atoms with E-state index in [2.05, 4.69) is 9.46 Å². The van der Waals surface area contributed by atoms with Gasteiger partial charge in [-0.25, -0.2) is 13.1 Å². The van der Waals surface area contributed by atoms with E-state index < -0.39 is 10.0 Å². The van der Waals surface area contributed by atoms with Gasteiger partial charge in [0.05, 0.1) is 14.2 Å². The Kier molecular flexibility index (Phi) is 7.18. The molecule has 0 spiro atoms. The lowest BCUT2D eigenvalue weighted by Gasteiger charge is -2.10. The number of nitrogens with one attached hydrogen (secondary N) is 1. The fourth-order valence-corrected chi connectivity index (χ4v) is 3.04. The number of ether oxygens (including phenoxy) is 2. The number of benzene rings is 1. The standard InChI is InChI=1S/C14H21NO5S/c1-19-12-8-5-6-9-13(12)21(17,18)15-11-7-3-4-10-14(16)20-2/h5-6,8-9,15H,3-4,7,10-11H2,1-2H3. The van der Waals surface area contributed by atoms with Crippen molar-refractivity contribution in [1.82, 2.24) is 4.72 Å². The fourth-order valence-electron chi connectivity index (χ4n) is 1.80. The first-order valence-corrected chi connectivity index (χ1v) is 8.19. The average Bonchev–Trinajstić information content (AvgIpc) is 2.50. The molecule has 0 aliphatic heterocycles. The van der Waals surface area contributed by atoms with Crippen LogP contribution in [0.1, 0.15) is 25.7 Å². The van der Waals surface area contributed by atoms with E-state index >= 15 is 0 Å². The highest BCUT2D eigenvalue weighted by molar-refractivity contribution is 7.89. The highest BCUT2D eigenvalue weighted by atomic mass is 32.2. The zero-order valence-corrected chi connectivity index (χ0v) is 13.1. The molecule has 0 saturated heterocycles. The van der Waals surface area contributed by atoms with Gasteiger partial charge in [-0.3, -0.25) is 4.79 Å². The topological polar surface area (TPSA) is 81.7 Å². The molecule has 0 bridgehead atoms. The third kappa shape index (κ3) is 5.73. The number of hydrogen-bond donors (Lipinski definition) is 1. The van der Waals surface area contributed by atoms with E-state index in [4.69, 9.17) is 4.74 Å². The first kappa shape index (κ1) is 17.5. The Hall–Kier alpha value is -1.60. The van der Waals surface area contributed by atoms with E-state index in [9.17, 15) is 13.2 Å². The summed E-state index contributed by atoms with van der Waals surface area (Å²) in [6.07, 6.45) is 2.45. The van der Waals surface area contributed by atoms with Crippen LogP contribution in [0, 0.1) is 0 Å². The van der Waals surface area contributed by atoms with Gasteiger partial charge in [-0.05, 0) is 25.0 Å². The lowest BCUT2D eigenvalue weighted by Crippen LogP contribution is -2.25. The molecular formula is C14H21NO5S. The van der Waals surface area contributed by atoms with Crippen molar-refractivity contribution in [2.45, 2.75) is 30.6 Å². The maximum Gasteiger partial charge on any atom is 0.305 e. The Bertz CT molecular complexity index is 556. The minimum atomic E-state index is -3.58. The minimum Gasteiger partial charge on any atom is -0.495 e. The van der Waals surface area contributed by atoms with Crippen molar-refractivity contribution in [3.05, 3.63) is 24.3 Å². The van der Waals surface area contributed by atoms with Crippen LogP contribution in [0.15, 0.2) is 29.2 Å². The van der Waals surface area contributed by atoms with Crippen LogP contribution in [-0.2, 0) is 19.6 Å². The van der Waals surface area contributed by atoms with Crippen molar-refractivity contribution in [2.75, 3.05) is 20.8 Å². The van der Waals surface area contributed by atoms with Crippen molar-refractivity contribution in [3.63, 3.8) is 0 Å². The molecule has 6 nitrogen and oxygen atoms in total. The molecule has 0 radical (unpaired) electrons. The molecule has 1 aromatic rings. The van der Waals surface area contributed by atoms with Gasteiger partial charge >= 0.3 is 5.97 Å². The van der Waals surface area contributed by atoms with Gasteiger partial charge in [0.1, 0.15) is 10.6 Å². The summed E-state index contributed by atoms with van der Waals surface area (Å²) in [5.74, 6) is 0.0697. The Balaban J connectivity index is 2.42. The lowest BCUT2D eigenvalue weighted by molar-refractivity contribution is -0.140. The van der Waals surface area contributed by atoms with E-state index in [1.807, 2.05) is 0 Å². The zero-order chi connectivity index (χ0) is 15.7. The number of esters is 1. The van der Waals surface area contributed by atoms with Crippen LogP contribution in [0.4, 0.5) is 0 Å². The van der Waals surface area contributed by atoms with Crippen LogP contribution in [0.5, 0.6) is 5.75 Å². The summed E-state index contributed by atoms with van der Waals surface area (Å²) >= 11 is 0. The fraction of sp³-hybridized carbons (Fsp3) is 0.500. The second kappa shape index (κ2) is 8.63. The highest BCUT2D eigenvalue weighted by Gasteiger charge is 2.17. The maximum atomic E-state index is 12.1. The average molecular weight is 315 g/mol. The summed E-state index contributed by atoms with van der Waals surface area (Å²) in [6, 6.07) is 6.46. The minimum absolute atomic E-state index is 0.127. The van der Waals surface area contributed by atoms with Crippen LogP contribution in [0.3, 0.4) is 0 Å². The van der Waals surface area contributed by atoms with E-state index in [0.717, 1.165) is 6.42 Å². The van der Waals surface area contributed by atoms with Gasteiger partial charge in [-0.15, -0.1) is 0 Å². The summed E-state index contributed by atoms with van der Waals surface area (Å²) in [5, 5.41) is 0. The molecule has 1 aromatic carbocycles. The zero-order valence-electron chi connectivity index (χ0n) is 12.3. The van der Waals surface area contributed by atoms with Crippen LogP contribution >= 0.6 is 0 Å². The number of hydrogen-bond acceptors (Lipinski definition) is 5. The van der Waals surface area contributed by atoms with Crippen LogP contribution in [-0.4, -0.2) is 35.2 Å². The Morgan fingerprint density at radius 3 is 2.52 bits per heavy atom. The third-order valence-electron chi connectivity index (χ3n) is 2.94. The van der Waals surface area contributed by atoms with Crippen molar-refractivity contribution < 1.29 is 22.7 Å². The smallest absolute Gasteiger partial charge is 0.305 e. The molecule has 0 amide bonds.